The van der Waals surface area contributed by atoms with Crippen molar-refractivity contribution in [1.82, 2.24) is 0 Å². The molecule has 0 radical (unpaired) electrons. The van der Waals surface area contributed by atoms with E-state index >= 15 is 0 Å². The van der Waals surface area contributed by atoms with Gasteiger partial charge in [-0.2, -0.15) is 0 Å². The second kappa shape index (κ2) is 4.53. The minimum Gasteiger partial charge on any atom is -0.516 e. The average molecular weight is 252 g/mol. The molecular formula is C13H20O3Si. The predicted octanol–water partition coefficient (Wildman–Crippen LogP) is 3.55. The van der Waals surface area contributed by atoms with Crippen LogP contribution in [0, 0.1) is 0 Å². The first kappa shape index (κ1) is 13.8. The zero-order valence-electron chi connectivity index (χ0n) is 11.1. The van der Waals surface area contributed by atoms with E-state index in [9.17, 15) is 4.79 Å². The van der Waals surface area contributed by atoms with Gasteiger partial charge in [0.2, 0.25) is 0 Å². The van der Waals surface area contributed by atoms with E-state index in [1.54, 1.807) is 12.1 Å². The van der Waals surface area contributed by atoms with Crippen molar-refractivity contribution >= 4 is 14.3 Å². The molecule has 1 aromatic carbocycles. The average Bonchev–Trinajstić information content (AvgIpc) is 2.16. The van der Waals surface area contributed by atoms with Gasteiger partial charge in [-0.3, -0.25) is 0 Å². The van der Waals surface area contributed by atoms with Crippen LogP contribution in [0.25, 0.3) is 0 Å². The quantitative estimate of drug-likeness (QED) is 0.819. The molecule has 3 nitrogen and oxygen atoms in total. The lowest BCUT2D eigenvalue weighted by Gasteiger charge is -2.35. The molecule has 4 heteroatoms. The summed E-state index contributed by atoms with van der Waals surface area (Å²) >= 11 is 0. The first-order chi connectivity index (χ1) is 7.63. The van der Waals surface area contributed by atoms with Gasteiger partial charge in [0.15, 0.2) is 0 Å². The Morgan fingerprint density at radius 1 is 1.18 bits per heavy atom. The number of benzene rings is 1. The number of hydrogen-bond acceptors (Lipinski definition) is 3. The third-order valence-electron chi connectivity index (χ3n) is 3.26. The fourth-order valence-corrected chi connectivity index (χ4v) is 1.93. The molecule has 0 saturated carbocycles. The highest BCUT2D eigenvalue weighted by atomic mass is 28.4. The van der Waals surface area contributed by atoms with Gasteiger partial charge in [-0.05, 0) is 42.4 Å². The Balaban J connectivity index is 2.83. The molecular weight excluding hydrogens is 232 g/mol. The summed E-state index contributed by atoms with van der Waals surface area (Å²) in [6, 6.07) is 6.13. The third-order valence-corrected chi connectivity index (χ3v) is 7.57. The number of aromatic hydroxyl groups is 1. The van der Waals surface area contributed by atoms with Crippen LogP contribution in [-0.4, -0.2) is 19.4 Å². The second-order valence-corrected chi connectivity index (χ2v) is 10.4. The van der Waals surface area contributed by atoms with Crippen LogP contribution in [0.5, 0.6) is 5.75 Å². The maximum atomic E-state index is 11.9. The highest BCUT2D eigenvalue weighted by Gasteiger charge is 2.40. The smallest absolute Gasteiger partial charge is 0.324 e. The van der Waals surface area contributed by atoms with Gasteiger partial charge < -0.3 is 9.53 Å². The molecule has 0 saturated heterocycles. The third kappa shape index (κ3) is 3.33. The van der Waals surface area contributed by atoms with E-state index in [-0.39, 0.29) is 16.8 Å². The topological polar surface area (TPSA) is 46.5 Å². The van der Waals surface area contributed by atoms with Gasteiger partial charge in [0.05, 0.1) is 5.56 Å². The molecule has 1 N–H and O–H groups in total. The summed E-state index contributed by atoms with van der Waals surface area (Å²) in [6.07, 6.45) is 0. The van der Waals surface area contributed by atoms with E-state index in [0.717, 1.165) is 0 Å². The molecule has 0 aliphatic carbocycles. The lowest BCUT2D eigenvalue weighted by molar-refractivity contribution is 0.0712. The van der Waals surface area contributed by atoms with Gasteiger partial charge in [0, 0.05) is 0 Å². The Morgan fingerprint density at radius 3 is 2.06 bits per heavy atom. The molecule has 0 aliphatic heterocycles. The van der Waals surface area contributed by atoms with Gasteiger partial charge in [-0.25, -0.2) is 4.79 Å². The second-order valence-electron chi connectivity index (χ2n) is 5.70. The fraction of sp³-hybridized carbons (Fsp3) is 0.462. The van der Waals surface area contributed by atoms with Crippen molar-refractivity contribution in [3.63, 3.8) is 0 Å². The summed E-state index contributed by atoms with van der Waals surface area (Å²) in [5, 5.41) is 9.16. The monoisotopic (exact) mass is 252 g/mol. The summed E-state index contributed by atoms with van der Waals surface area (Å²) < 4.78 is 5.65. The molecule has 0 spiro atoms. The maximum Gasteiger partial charge on any atom is 0.324 e. The molecule has 1 rings (SSSR count). The van der Waals surface area contributed by atoms with Crippen molar-refractivity contribution in [3.8, 4) is 5.75 Å². The maximum absolute atomic E-state index is 11.9. The van der Waals surface area contributed by atoms with E-state index in [1.807, 2.05) is 13.1 Å². The van der Waals surface area contributed by atoms with Crippen molar-refractivity contribution < 1.29 is 14.3 Å². The Bertz CT molecular complexity index is 402. The summed E-state index contributed by atoms with van der Waals surface area (Å²) in [7, 11) is -2.08. The van der Waals surface area contributed by atoms with Gasteiger partial charge in [-0.1, -0.05) is 20.8 Å². The number of hydrogen-bond donors (Lipinski definition) is 1. The van der Waals surface area contributed by atoms with E-state index in [1.165, 1.54) is 12.1 Å². The lowest BCUT2D eigenvalue weighted by Crippen LogP contribution is -2.42. The Morgan fingerprint density at radius 2 is 1.65 bits per heavy atom. The molecule has 17 heavy (non-hydrogen) atoms. The predicted molar refractivity (Wildman–Crippen MR) is 70.7 cm³/mol. The Kier molecular flexibility index (Phi) is 3.67. The zero-order valence-corrected chi connectivity index (χ0v) is 12.1. The van der Waals surface area contributed by atoms with Gasteiger partial charge >= 0.3 is 5.97 Å². The van der Waals surface area contributed by atoms with Crippen LogP contribution in [0.1, 0.15) is 31.1 Å². The number of phenolic OH excluding ortho intramolecular Hbond substituents is 1. The van der Waals surface area contributed by atoms with E-state index in [2.05, 4.69) is 20.8 Å². The molecule has 0 heterocycles. The molecule has 1 aromatic rings. The largest absolute Gasteiger partial charge is 0.516 e. The van der Waals surface area contributed by atoms with Crippen LogP contribution in [0.3, 0.4) is 0 Å². The van der Waals surface area contributed by atoms with Crippen LogP contribution in [0.15, 0.2) is 24.3 Å². The van der Waals surface area contributed by atoms with E-state index in [0.29, 0.717) is 5.56 Å². The molecule has 0 aromatic heterocycles. The summed E-state index contributed by atoms with van der Waals surface area (Å²) in [6.45, 7) is 10.3. The van der Waals surface area contributed by atoms with Crippen molar-refractivity contribution in [1.29, 1.82) is 0 Å². The molecule has 0 fully saturated rings. The van der Waals surface area contributed by atoms with E-state index < -0.39 is 8.32 Å². The molecule has 0 aliphatic rings. The summed E-state index contributed by atoms with van der Waals surface area (Å²) in [5.74, 6) is -0.162. The number of rotatable bonds is 2. The number of phenols is 1. The first-order valence-corrected chi connectivity index (χ1v) is 8.57. The first-order valence-electron chi connectivity index (χ1n) is 5.66. The van der Waals surface area contributed by atoms with Gasteiger partial charge in [-0.15, -0.1) is 0 Å². The summed E-state index contributed by atoms with van der Waals surface area (Å²) in [4.78, 5) is 11.9. The zero-order chi connectivity index (χ0) is 13.3. The van der Waals surface area contributed by atoms with Crippen molar-refractivity contribution in [2.45, 2.75) is 38.9 Å². The van der Waals surface area contributed by atoms with Gasteiger partial charge in [0.25, 0.3) is 8.32 Å². The molecule has 0 amide bonds. The van der Waals surface area contributed by atoms with Crippen LogP contribution in [0.4, 0.5) is 0 Å². The van der Waals surface area contributed by atoms with Crippen molar-refractivity contribution in [2.24, 2.45) is 0 Å². The Labute approximate surface area is 104 Å². The normalized spacial score (nSPS) is 12.3. The minimum atomic E-state index is -2.08. The number of carbonyl (C=O) groups excluding carboxylic acids is 1. The van der Waals surface area contributed by atoms with Crippen LogP contribution in [-0.2, 0) is 4.43 Å². The van der Waals surface area contributed by atoms with E-state index in [4.69, 9.17) is 9.53 Å². The highest BCUT2D eigenvalue weighted by molar-refractivity contribution is 6.75. The summed E-state index contributed by atoms with van der Waals surface area (Å²) in [5.41, 5.74) is 0.479. The van der Waals surface area contributed by atoms with Crippen LogP contribution < -0.4 is 0 Å². The van der Waals surface area contributed by atoms with Crippen LogP contribution in [0.2, 0.25) is 18.1 Å². The SMILES string of the molecule is CC(C)(C)[Si](C)(C)OC(=O)c1ccc(O)cc1. The van der Waals surface area contributed by atoms with Crippen molar-refractivity contribution in [3.05, 3.63) is 29.8 Å². The Hall–Kier alpha value is -1.29. The number of carbonyl (C=O) groups is 1. The molecule has 94 valence electrons. The van der Waals surface area contributed by atoms with Gasteiger partial charge in [0.1, 0.15) is 5.75 Å². The van der Waals surface area contributed by atoms with Crippen LogP contribution >= 0.6 is 0 Å². The minimum absolute atomic E-state index is 0.000417. The fourth-order valence-electron chi connectivity index (χ4n) is 1.04. The molecule has 0 atom stereocenters. The molecule has 0 unspecified atom stereocenters. The van der Waals surface area contributed by atoms with Crippen molar-refractivity contribution in [2.75, 3.05) is 0 Å². The molecule has 0 bridgehead atoms. The highest BCUT2D eigenvalue weighted by Crippen LogP contribution is 2.37. The lowest BCUT2D eigenvalue weighted by atomic mass is 10.2. The standard InChI is InChI=1S/C13H20O3Si/c1-13(2,3)17(4,5)16-12(15)10-6-8-11(14)9-7-10/h6-9,14H,1-5H3.